The minimum Gasteiger partial charge on any atom is -0.495 e. The number of anilines is 1. The van der Waals surface area contributed by atoms with Crippen molar-refractivity contribution in [3.63, 3.8) is 0 Å². The predicted octanol–water partition coefficient (Wildman–Crippen LogP) is 3.21. The van der Waals surface area contributed by atoms with E-state index in [0.29, 0.717) is 11.3 Å². The van der Waals surface area contributed by atoms with Gasteiger partial charge in [0.2, 0.25) is 5.91 Å². The Morgan fingerprint density at radius 2 is 1.83 bits per heavy atom. The number of nitro groups is 1. The van der Waals surface area contributed by atoms with Gasteiger partial charge in [-0.25, -0.2) is 0 Å². The van der Waals surface area contributed by atoms with Crippen molar-refractivity contribution < 1.29 is 19.2 Å². The highest BCUT2D eigenvalue weighted by atomic mass is 16.6. The van der Waals surface area contributed by atoms with E-state index in [9.17, 15) is 19.7 Å². The van der Waals surface area contributed by atoms with Crippen molar-refractivity contribution in [2.24, 2.45) is 0 Å². The molecule has 0 spiro atoms. The number of methoxy groups -OCH3 is 1. The number of carbonyl (C=O) groups excluding carboxylic acids is 2. The SMILES string of the molecule is COc1ccc([N+](=O)[O-])cc1NC(=O)CCC(=O)c1ccccc1. The first kappa shape index (κ1) is 17.1. The molecule has 0 unspecified atom stereocenters. The lowest BCUT2D eigenvalue weighted by Crippen LogP contribution is -2.14. The largest absolute Gasteiger partial charge is 0.495 e. The monoisotopic (exact) mass is 328 g/mol. The number of hydrogen-bond acceptors (Lipinski definition) is 5. The van der Waals surface area contributed by atoms with Crippen LogP contribution >= 0.6 is 0 Å². The fraction of sp³-hybridized carbons (Fsp3) is 0.176. The van der Waals surface area contributed by atoms with Gasteiger partial charge < -0.3 is 10.1 Å². The summed E-state index contributed by atoms with van der Waals surface area (Å²) in [6.07, 6.45) is 0.0205. The van der Waals surface area contributed by atoms with E-state index in [2.05, 4.69) is 5.32 Å². The number of amides is 1. The standard InChI is InChI=1S/C17H16N2O5/c1-24-16-9-7-13(19(22)23)11-14(16)18-17(21)10-8-15(20)12-5-3-2-4-6-12/h2-7,9,11H,8,10H2,1H3,(H,18,21). The number of carbonyl (C=O) groups is 2. The van der Waals surface area contributed by atoms with Crippen LogP contribution in [0.2, 0.25) is 0 Å². The number of Topliss-reactive ketones (excluding diaryl/α,β-unsaturated/α-hetero) is 1. The second-order valence-electron chi connectivity index (χ2n) is 4.98. The molecular formula is C17H16N2O5. The van der Waals surface area contributed by atoms with Crippen molar-refractivity contribution in [3.05, 3.63) is 64.2 Å². The molecule has 7 heteroatoms. The van der Waals surface area contributed by atoms with Crippen molar-refractivity contribution in [1.82, 2.24) is 0 Å². The van der Waals surface area contributed by atoms with Crippen LogP contribution in [-0.2, 0) is 4.79 Å². The van der Waals surface area contributed by atoms with Crippen LogP contribution in [-0.4, -0.2) is 23.7 Å². The van der Waals surface area contributed by atoms with E-state index in [4.69, 9.17) is 4.74 Å². The molecule has 0 aliphatic carbocycles. The summed E-state index contributed by atoms with van der Waals surface area (Å²) in [5.74, 6) is -0.252. The quantitative estimate of drug-likeness (QED) is 0.478. The molecule has 0 bridgehead atoms. The maximum atomic E-state index is 12.0. The number of benzene rings is 2. The minimum absolute atomic E-state index is 0.0282. The number of nitrogens with one attached hydrogen (secondary N) is 1. The average Bonchev–Trinajstić information content (AvgIpc) is 2.60. The van der Waals surface area contributed by atoms with Crippen LogP contribution in [0.4, 0.5) is 11.4 Å². The highest BCUT2D eigenvalue weighted by Crippen LogP contribution is 2.29. The number of ether oxygens (including phenoxy) is 1. The summed E-state index contributed by atoms with van der Waals surface area (Å²) in [5, 5.41) is 13.4. The molecule has 0 heterocycles. The van der Waals surface area contributed by atoms with Crippen LogP contribution in [0.1, 0.15) is 23.2 Å². The fourth-order valence-corrected chi connectivity index (χ4v) is 2.12. The molecule has 2 aromatic carbocycles. The summed E-state index contributed by atoms with van der Waals surface area (Å²) >= 11 is 0. The van der Waals surface area contributed by atoms with Crippen LogP contribution in [0.25, 0.3) is 0 Å². The molecule has 0 aliphatic rings. The van der Waals surface area contributed by atoms with Crippen LogP contribution in [0.15, 0.2) is 48.5 Å². The van der Waals surface area contributed by atoms with Crippen molar-refractivity contribution in [1.29, 1.82) is 0 Å². The number of nitro benzene ring substituents is 1. The Morgan fingerprint density at radius 3 is 2.46 bits per heavy atom. The first-order chi connectivity index (χ1) is 11.5. The number of nitrogens with zero attached hydrogens (tertiary/aromatic N) is 1. The van der Waals surface area contributed by atoms with Gasteiger partial charge in [0.1, 0.15) is 5.75 Å². The number of rotatable bonds is 7. The molecule has 0 fully saturated rings. The molecule has 24 heavy (non-hydrogen) atoms. The Kier molecular flexibility index (Phi) is 5.62. The van der Waals surface area contributed by atoms with E-state index >= 15 is 0 Å². The van der Waals surface area contributed by atoms with Gasteiger partial charge in [0.15, 0.2) is 5.78 Å². The maximum absolute atomic E-state index is 12.0. The zero-order chi connectivity index (χ0) is 17.5. The molecular weight excluding hydrogens is 312 g/mol. The van der Waals surface area contributed by atoms with Crippen molar-refractivity contribution in [2.75, 3.05) is 12.4 Å². The molecule has 0 aromatic heterocycles. The smallest absolute Gasteiger partial charge is 0.271 e. The molecule has 1 amide bonds. The van der Waals surface area contributed by atoms with E-state index in [1.807, 2.05) is 0 Å². The summed E-state index contributed by atoms with van der Waals surface area (Å²) < 4.78 is 5.07. The normalized spacial score (nSPS) is 10.0. The third kappa shape index (κ3) is 4.39. The third-order valence-electron chi connectivity index (χ3n) is 3.34. The van der Waals surface area contributed by atoms with Crippen LogP contribution in [0.5, 0.6) is 5.75 Å². The van der Waals surface area contributed by atoms with E-state index < -0.39 is 10.8 Å². The van der Waals surface area contributed by atoms with Crippen LogP contribution in [0, 0.1) is 10.1 Å². The summed E-state index contributed by atoms with van der Waals surface area (Å²) in [6.45, 7) is 0. The molecule has 0 radical (unpaired) electrons. The molecule has 7 nitrogen and oxygen atoms in total. The number of ketones is 1. The summed E-state index contributed by atoms with van der Waals surface area (Å²) in [6, 6.07) is 12.6. The lowest BCUT2D eigenvalue weighted by molar-refractivity contribution is -0.384. The van der Waals surface area contributed by atoms with Gasteiger partial charge in [-0.1, -0.05) is 30.3 Å². The summed E-state index contributed by atoms with van der Waals surface area (Å²) in [7, 11) is 1.40. The van der Waals surface area contributed by atoms with E-state index in [0.717, 1.165) is 0 Å². The second-order valence-corrected chi connectivity index (χ2v) is 4.98. The van der Waals surface area contributed by atoms with Gasteiger partial charge in [0.05, 0.1) is 17.7 Å². The zero-order valence-corrected chi connectivity index (χ0v) is 13.0. The molecule has 0 atom stereocenters. The van der Waals surface area contributed by atoms with Gasteiger partial charge in [-0.2, -0.15) is 0 Å². The fourth-order valence-electron chi connectivity index (χ4n) is 2.12. The van der Waals surface area contributed by atoms with Crippen molar-refractivity contribution in [3.8, 4) is 5.75 Å². The Hall–Kier alpha value is -3.22. The lowest BCUT2D eigenvalue weighted by atomic mass is 10.1. The first-order valence-corrected chi connectivity index (χ1v) is 7.22. The summed E-state index contributed by atoms with van der Waals surface area (Å²) in [4.78, 5) is 34.2. The van der Waals surface area contributed by atoms with Crippen molar-refractivity contribution in [2.45, 2.75) is 12.8 Å². The van der Waals surface area contributed by atoms with Gasteiger partial charge in [-0.15, -0.1) is 0 Å². The highest BCUT2D eigenvalue weighted by Gasteiger charge is 2.15. The van der Waals surface area contributed by atoms with E-state index in [-0.39, 0.29) is 30.0 Å². The first-order valence-electron chi connectivity index (χ1n) is 7.22. The van der Waals surface area contributed by atoms with E-state index in [1.54, 1.807) is 30.3 Å². The van der Waals surface area contributed by atoms with E-state index in [1.165, 1.54) is 25.3 Å². The van der Waals surface area contributed by atoms with Gasteiger partial charge in [0, 0.05) is 30.5 Å². The van der Waals surface area contributed by atoms with Crippen LogP contribution in [0.3, 0.4) is 0 Å². The second kappa shape index (κ2) is 7.87. The van der Waals surface area contributed by atoms with Gasteiger partial charge in [0.25, 0.3) is 5.69 Å². The third-order valence-corrected chi connectivity index (χ3v) is 3.34. The topological polar surface area (TPSA) is 98.5 Å². The maximum Gasteiger partial charge on any atom is 0.271 e. The Morgan fingerprint density at radius 1 is 1.12 bits per heavy atom. The summed E-state index contributed by atoms with van der Waals surface area (Å²) in [5.41, 5.74) is 0.577. The molecule has 2 aromatic rings. The van der Waals surface area contributed by atoms with Crippen LogP contribution < -0.4 is 10.1 Å². The Balaban J connectivity index is 2.00. The minimum atomic E-state index is -0.561. The Bertz CT molecular complexity index is 759. The highest BCUT2D eigenvalue weighted by molar-refractivity contribution is 6.00. The predicted molar refractivity (Wildman–Crippen MR) is 88.3 cm³/mol. The van der Waals surface area contributed by atoms with Gasteiger partial charge in [-0.05, 0) is 6.07 Å². The number of hydrogen-bond donors (Lipinski definition) is 1. The average molecular weight is 328 g/mol. The lowest BCUT2D eigenvalue weighted by Gasteiger charge is -2.09. The zero-order valence-electron chi connectivity index (χ0n) is 13.0. The number of non-ortho nitro benzene ring substituents is 1. The Labute approximate surface area is 138 Å². The molecule has 2 rings (SSSR count). The molecule has 0 saturated heterocycles. The molecule has 0 saturated carbocycles. The molecule has 1 N–H and O–H groups in total. The van der Waals surface area contributed by atoms with Crippen molar-refractivity contribution >= 4 is 23.1 Å². The molecule has 0 aliphatic heterocycles. The molecule has 124 valence electrons. The van der Waals surface area contributed by atoms with Gasteiger partial charge >= 0.3 is 0 Å². The van der Waals surface area contributed by atoms with Gasteiger partial charge in [-0.3, -0.25) is 19.7 Å².